The highest BCUT2D eigenvalue weighted by Gasteiger charge is 2.48. The Morgan fingerprint density at radius 2 is 1.42 bits per heavy atom. The molecule has 0 radical (unpaired) electrons. The number of carbonyl (C=O) groups is 1. The standard InChI is InChI=1S/C34H50O2/c1-3-4-5-6-7-8-9-10-11-12-13-14-15-16-24-34-25-23-30-29-20-18-28(36-2)26-27(29)17-19-31(30)32(34)21-22-33(34)35/h18,20-21,26H,3-17,19,22-25H2,1-2H3/t34-/m0/s1. The van der Waals surface area contributed by atoms with Crippen LogP contribution in [0.5, 0.6) is 5.75 Å². The molecule has 36 heavy (non-hydrogen) atoms. The van der Waals surface area contributed by atoms with Crippen molar-refractivity contribution in [2.45, 2.75) is 135 Å². The van der Waals surface area contributed by atoms with E-state index in [2.05, 4.69) is 31.2 Å². The molecule has 0 saturated carbocycles. The third-order valence-electron chi connectivity index (χ3n) is 9.27. The number of hydrogen-bond acceptors (Lipinski definition) is 2. The van der Waals surface area contributed by atoms with Crippen LogP contribution in [0.25, 0.3) is 5.57 Å². The van der Waals surface area contributed by atoms with Crippen molar-refractivity contribution in [2.75, 3.05) is 7.11 Å². The predicted octanol–water partition coefficient (Wildman–Crippen LogP) is 9.95. The lowest BCUT2D eigenvalue weighted by Gasteiger charge is -2.40. The molecule has 0 bridgehead atoms. The van der Waals surface area contributed by atoms with Gasteiger partial charge < -0.3 is 4.74 Å². The van der Waals surface area contributed by atoms with E-state index < -0.39 is 0 Å². The number of carbonyl (C=O) groups excluding carboxylic acids is 1. The van der Waals surface area contributed by atoms with Crippen molar-refractivity contribution >= 4 is 11.4 Å². The molecule has 4 rings (SSSR count). The first-order valence-electron chi connectivity index (χ1n) is 15.3. The minimum atomic E-state index is -0.167. The predicted molar refractivity (Wildman–Crippen MR) is 153 cm³/mol. The lowest BCUT2D eigenvalue weighted by molar-refractivity contribution is -0.125. The number of methoxy groups -OCH3 is 1. The topological polar surface area (TPSA) is 26.3 Å². The van der Waals surface area contributed by atoms with E-state index in [1.165, 1.54) is 118 Å². The number of Topliss-reactive ketones (excluding diaryl/α,β-unsaturated/α-hetero) is 1. The molecule has 0 amide bonds. The average molecular weight is 491 g/mol. The number of ketones is 1. The second kappa shape index (κ2) is 13.6. The Labute approximate surface area is 221 Å². The van der Waals surface area contributed by atoms with Crippen LogP contribution in [0.4, 0.5) is 0 Å². The molecule has 0 fully saturated rings. The fourth-order valence-electron chi connectivity index (χ4n) is 7.13. The fourth-order valence-corrected chi connectivity index (χ4v) is 7.13. The van der Waals surface area contributed by atoms with E-state index in [0.29, 0.717) is 12.2 Å². The molecule has 2 nitrogen and oxygen atoms in total. The van der Waals surface area contributed by atoms with Gasteiger partial charge in [-0.2, -0.15) is 0 Å². The van der Waals surface area contributed by atoms with E-state index in [1.807, 2.05) is 0 Å². The second-order valence-corrected chi connectivity index (χ2v) is 11.7. The van der Waals surface area contributed by atoms with Gasteiger partial charge >= 0.3 is 0 Å². The molecule has 0 aromatic heterocycles. The van der Waals surface area contributed by atoms with Crippen LogP contribution in [0.1, 0.15) is 140 Å². The summed E-state index contributed by atoms with van der Waals surface area (Å²) in [5.41, 5.74) is 7.09. The lowest BCUT2D eigenvalue weighted by Crippen LogP contribution is -2.33. The van der Waals surface area contributed by atoms with Crippen LogP contribution >= 0.6 is 0 Å². The Morgan fingerprint density at radius 1 is 0.778 bits per heavy atom. The van der Waals surface area contributed by atoms with Crippen LogP contribution in [0.2, 0.25) is 0 Å². The number of rotatable bonds is 16. The van der Waals surface area contributed by atoms with Crippen LogP contribution in [-0.4, -0.2) is 12.9 Å². The SMILES string of the molecule is CCCCCCCCCCCCCCCC[C@]12CCC3=C(CCc4cc(OC)ccc43)C1=CCC2=O. The van der Waals surface area contributed by atoms with Crippen LogP contribution in [0.3, 0.4) is 0 Å². The first-order valence-corrected chi connectivity index (χ1v) is 15.3. The van der Waals surface area contributed by atoms with Crippen LogP contribution in [0.15, 0.2) is 35.4 Å². The minimum Gasteiger partial charge on any atom is -0.497 e. The number of aryl methyl sites for hydroxylation is 1. The molecule has 0 N–H and O–H groups in total. The molecular formula is C34H50O2. The smallest absolute Gasteiger partial charge is 0.147 e. The van der Waals surface area contributed by atoms with Crippen molar-refractivity contribution in [3.05, 3.63) is 46.5 Å². The molecule has 0 unspecified atom stereocenters. The Kier molecular flexibility index (Phi) is 10.3. The molecule has 1 aromatic rings. The zero-order valence-corrected chi connectivity index (χ0v) is 23.3. The highest BCUT2D eigenvalue weighted by Crippen LogP contribution is 2.56. The number of unbranched alkanes of at least 4 members (excludes halogenated alkanes) is 13. The van der Waals surface area contributed by atoms with Gasteiger partial charge in [0.25, 0.3) is 0 Å². The Balaban J connectivity index is 1.19. The highest BCUT2D eigenvalue weighted by molar-refractivity contribution is 5.97. The Bertz CT molecular complexity index is 937. The van der Waals surface area contributed by atoms with Gasteiger partial charge in [0.05, 0.1) is 12.5 Å². The Morgan fingerprint density at radius 3 is 2.06 bits per heavy atom. The maximum atomic E-state index is 13.2. The van der Waals surface area contributed by atoms with E-state index in [9.17, 15) is 4.79 Å². The largest absolute Gasteiger partial charge is 0.497 e. The Hall–Kier alpha value is -1.83. The van der Waals surface area contributed by atoms with Gasteiger partial charge in [0.2, 0.25) is 0 Å². The lowest BCUT2D eigenvalue weighted by atomic mass is 9.62. The summed E-state index contributed by atoms with van der Waals surface area (Å²) in [4.78, 5) is 13.2. The van der Waals surface area contributed by atoms with Gasteiger partial charge in [0, 0.05) is 6.42 Å². The average Bonchev–Trinajstić information content (AvgIpc) is 3.24. The van der Waals surface area contributed by atoms with Gasteiger partial charge in [0.1, 0.15) is 11.5 Å². The van der Waals surface area contributed by atoms with Crippen molar-refractivity contribution < 1.29 is 9.53 Å². The highest BCUT2D eigenvalue weighted by atomic mass is 16.5. The maximum Gasteiger partial charge on any atom is 0.147 e. The normalized spacial score (nSPS) is 20.7. The molecule has 1 atom stereocenters. The third-order valence-corrected chi connectivity index (χ3v) is 9.27. The molecule has 0 saturated heterocycles. The van der Waals surface area contributed by atoms with Crippen LogP contribution in [-0.2, 0) is 11.2 Å². The summed E-state index contributed by atoms with van der Waals surface area (Å²) < 4.78 is 5.46. The zero-order valence-electron chi connectivity index (χ0n) is 23.3. The summed E-state index contributed by atoms with van der Waals surface area (Å²) in [6, 6.07) is 6.56. The van der Waals surface area contributed by atoms with E-state index in [0.717, 1.165) is 37.9 Å². The van der Waals surface area contributed by atoms with Crippen molar-refractivity contribution in [2.24, 2.45) is 5.41 Å². The minimum absolute atomic E-state index is 0.167. The van der Waals surface area contributed by atoms with Gasteiger partial charge in [-0.25, -0.2) is 0 Å². The van der Waals surface area contributed by atoms with E-state index in [-0.39, 0.29) is 5.41 Å². The third kappa shape index (κ3) is 6.35. The van der Waals surface area contributed by atoms with Gasteiger partial charge in [-0.05, 0) is 72.1 Å². The molecule has 0 heterocycles. The molecule has 198 valence electrons. The summed E-state index contributed by atoms with van der Waals surface area (Å²) in [7, 11) is 1.75. The molecule has 0 aliphatic heterocycles. The molecule has 3 aliphatic carbocycles. The monoisotopic (exact) mass is 490 g/mol. The quantitative estimate of drug-likeness (QED) is 0.215. The summed E-state index contributed by atoms with van der Waals surface area (Å²) in [6.45, 7) is 2.29. The van der Waals surface area contributed by atoms with Gasteiger partial charge in [-0.3, -0.25) is 4.79 Å². The number of allylic oxidation sites excluding steroid dienone is 4. The number of benzene rings is 1. The molecular weight excluding hydrogens is 440 g/mol. The van der Waals surface area contributed by atoms with Crippen LogP contribution in [0, 0.1) is 5.41 Å². The van der Waals surface area contributed by atoms with Crippen molar-refractivity contribution in [3.63, 3.8) is 0 Å². The number of ether oxygens (including phenoxy) is 1. The zero-order chi connectivity index (χ0) is 25.2. The summed E-state index contributed by atoms with van der Waals surface area (Å²) in [6.07, 6.45) is 27.6. The van der Waals surface area contributed by atoms with E-state index in [1.54, 1.807) is 7.11 Å². The summed E-state index contributed by atoms with van der Waals surface area (Å²) in [5, 5.41) is 0. The molecule has 1 aromatic carbocycles. The number of hydrogen-bond donors (Lipinski definition) is 0. The molecule has 3 aliphatic rings. The van der Waals surface area contributed by atoms with Crippen molar-refractivity contribution in [1.29, 1.82) is 0 Å². The first-order chi connectivity index (χ1) is 17.7. The summed E-state index contributed by atoms with van der Waals surface area (Å²) in [5.74, 6) is 1.45. The molecule has 2 heteroatoms. The van der Waals surface area contributed by atoms with Crippen molar-refractivity contribution in [3.8, 4) is 5.75 Å². The fraction of sp³-hybridized carbons (Fsp3) is 0.676. The summed E-state index contributed by atoms with van der Waals surface area (Å²) >= 11 is 0. The number of fused-ring (bicyclic) bond motifs is 4. The maximum absolute atomic E-state index is 13.2. The van der Waals surface area contributed by atoms with Crippen LogP contribution < -0.4 is 4.74 Å². The first kappa shape index (κ1) is 27.2. The van der Waals surface area contributed by atoms with E-state index in [4.69, 9.17) is 4.74 Å². The second-order valence-electron chi connectivity index (χ2n) is 11.7. The molecule has 0 spiro atoms. The van der Waals surface area contributed by atoms with Crippen molar-refractivity contribution in [1.82, 2.24) is 0 Å². The van der Waals surface area contributed by atoms with E-state index >= 15 is 0 Å². The van der Waals surface area contributed by atoms with Gasteiger partial charge in [0.15, 0.2) is 0 Å². The van der Waals surface area contributed by atoms with Gasteiger partial charge in [-0.15, -0.1) is 0 Å². The van der Waals surface area contributed by atoms with Gasteiger partial charge in [-0.1, -0.05) is 109 Å².